The molecule has 4 heteroatoms. The molecule has 2 N–H and O–H groups in total. The molecule has 0 atom stereocenters. The lowest BCUT2D eigenvalue weighted by atomic mass is 10.0. The van der Waals surface area contributed by atoms with E-state index in [2.05, 4.69) is 86.6 Å². The van der Waals surface area contributed by atoms with Gasteiger partial charge < -0.3 is 15.5 Å². The Morgan fingerprint density at radius 1 is 1.10 bits per heavy atom. The van der Waals surface area contributed by atoms with Crippen LogP contribution in [0.1, 0.15) is 55.4 Å². The minimum absolute atomic E-state index is 0.716. The minimum atomic E-state index is 0.716. The maximum Gasteiger partial charge on any atom is 0.128 e. The summed E-state index contributed by atoms with van der Waals surface area (Å²) in [5.74, 6) is 1.68. The summed E-state index contributed by atoms with van der Waals surface area (Å²) < 4.78 is 0. The Morgan fingerprint density at radius 2 is 1.86 bits per heavy atom. The highest BCUT2D eigenvalue weighted by Crippen LogP contribution is 2.26. The SMILES string of the molecule is C=C(NC(=C)c1ccnc(N(C)CCCCC)c1)Nc1c(CC)ccc(C)c1C. The molecule has 4 nitrogen and oxygen atoms in total. The van der Waals surface area contributed by atoms with E-state index in [-0.39, 0.29) is 0 Å². The Labute approximate surface area is 176 Å². The van der Waals surface area contributed by atoms with Crippen molar-refractivity contribution in [3.8, 4) is 0 Å². The van der Waals surface area contributed by atoms with E-state index < -0.39 is 0 Å². The number of nitrogens with zero attached hydrogens (tertiary/aromatic N) is 2. The van der Waals surface area contributed by atoms with Crippen LogP contribution in [0, 0.1) is 13.8 Å². The lowest BCUT2D eigenvalue weighted by Crippen LogP contribution is -2.21. The van der Waals surface area contributed by atoms with Gasteiger partial charge in [-0.05, 0) is 55.5 Å². The van der Waals surface area contributed by atoms with Gasteiger partial charge in [-0.15, -0.1) is 0 Å². The van der Waals surface area contributed by atoms with Gasteiger partial charge in [0.2, 0.25) is 0 Å². The molecule has 2 rings (SSSR count). The summed E-state index contributed by atoms with van der Waals surface area (Å²) in [5, 5.41) is 6.77. The Morgan fingerprint density at radius 3 is 2.55 bits per heavy atom. The van der Waals surface area contributed by atoms with E-state index in [9.17, 15) is 0 Å². The number of rotatable bonds is 11. The van der Waals surface area contributed by atoms with Crippen LogP contribution in [0.2, 0.25) is 0 Å². The molecule has 0 saturated carbocycles. The van der Waals surface area contributed by atoms with Crippen molar-refractivity contribution >= 4 is 17.2 Å². The fourth-order valence-corrected chi connectivity index (χ4v) is 3.31. The number of anilines is 2. The Hall–Kier alpha value is -2.75. The minimum Gasteiger partial charge on any atom is -0.360 e. The zero-order chi connectivity index (χ0) is 21.4. The number of unbranched alkanes of at least 4 members (excludes halogenated alkanes) is 2. The smallest absolute Gasteiger partial charge is 0.128 e. The van der Waals surface area contributed by atoms with E-state index in [4.69, 9.17) is 0 Å². The predicted molar refractivity (Wildman–Crippen MR) is 127 cm³/mol. The zero-order valence-electron chi connectivity index (χ0n) is 18.7. The fraction of sp³-hybridized carbons (Fsp3) is 0.400. The molecule has 1 heterocycles. The lowest BCUT2D eigenvalue weighted by molar-refractivity contribution is 0.701. The lowest BCUT2D eigenvalue weighted by Gasteiger charge is -2.21. The Bertz CT molecular complexity index is 854. The third-order valence-corrected chi connectivity index (χ3v) is 5.36. The molecule has 2 aromatic rings. The molecule has 0 radical (unpaired) electrons. The van der Waals surface area contributed by atoms with Gasteiger partial charge in [0.25, 0.3) is 0 Å². The molecule has 0 spiro atoms. The van der Waals surface area contributed by atoms with Gasteiger partial charge in [-0.2, -0.15) is 0 Å². The third-order valence-electron chi connectivity index (χ3n) is 5.36. The van der Waals surface area contributed by atoms with Gasteiger partial charge in [0.1, 0.15) is 11.6 Å². The normalized spacial score (nSPS) is 10.5. The number of aryl methyl sites for hydroxylation is 2. The zero-order valence-corrected chi connectivity index (χ0v) is 18.7. The Balaban J connectivity index is 2.06. The summed E-state index contributed by atoms with van der Waals surface area (Å²) in [6.45, 7) is 18.0. The quantitative estimate of drug-likeness (QED) is 0.458. The van der Waals surface area contributed by atoms with Crippen LogP contribution < -0.4 is 15.5 Å². The number of pyridine rings is 1. The van der Waals surface area contributed by atoms with Crippen LogP contribution >= 0.6 is 0 Å². The van der Waals surface area contributed by atoms with Crippen molar-refractivity contribution in [2.45, 2.75) is 53.4 Å². The second-order valence-corrected chi connectivity index (χ2v) is 7.63. The molecule has 29 heavy (non-hydrogen) atoms. The van der Waals surface area contributed by atoms with Crippen molar-refractivity contribution < 1.29 is 0 Å². The molecule has 1 aromatic carbocycles. The van der Waals surface area contributed by atoms with Crippen LogP contribution in [-0.4, -0.2) is 18.6 Å². The highest BCUT2D eigenvalue weighted by Gasteiger charge is 2.10. The van der Waals surface area contributed by atoms with Gasteiger partial charge >= 0.3 is 0 Å². The third kappa shape index (κ3) is 6.11. The molecule has 0 unspecified atom stereocenters. The first kappa shape index (κ1) is 22.5. The summed E-state index contributed by atoms with van der Waals surface area (Å²) in [4.78, 5) is 6.71. The predicted octanol–water partition coefficient (Wildman–Crippen LogP) is 6.03. The molecular weight excluding hydrogens is 356 g/mol. The number of hydrogen-bond acceptors (Lipinski definition) is 4. The molecule has 0 bridgehead atoms. The second kappa shape index (κ2) is 10.7. The average molecular weight is 393 g/mol. The highest BCUT2D eigenvalue weighted by molar-refractivity contribution is 5.68. The standard InChI is InChI=1S/C25H36N4/c1-8-10-11-16-29(7)24-17-23(14-15-26-24)20(5)27-21(6)28-25-19(4)18(3)12-13-22(25)9-2/h12-15,17,27-28H,5-6,8-11,16H2,1-4,7H3. The maximum atomic E-state index is 4.51. The molecular formula is C25H36N4. The van der Waals surface area contributed by atoms with Crippen LogP contribution in [0.5, 0.6) is 0 Å². The summed E-state index contributed by atoms with van der Waals surface area (Å²) in [5.41, 5.74) is 6.73. The van der Waals surface area contributed by atoms with E-state index in [0.717, 1.165) is 35.7 Å². The van der Waals surface area contributed by atoms with Gasteiger partial charge in [-0.3, -0.25) is 0 Å². The summed E-state index contributed by atoms with van der Waals surface area (Å²) in [6.07, 6.45) is 6.44. The van der Waals surface area contributed by atoms with Gasteiger partial charge in [-0.1, -0.05) is 52.0 Å². The number of benzene rings is 1. The van der Waals surface area contributed by atoms with E-state index in [1.54, 1.807) is 0 Å². The average Bonchev–Trinajstić information content (AvgIpc) is 2.71. The van der Waals surface area contributed by atoms with E-state index >= 15 is 0 Å². The topological polar surface area (TPSA) is 40.2 Å². The first-order valence-corrected chi connectivity index (χ1v) is 10.6. The van der Waals surface area contributed by atoms with Crippen molar-refractivity contribution in [2.75, 3.05) is 23.8 Å². The van der Waals surface area contributed by atoms with Crippen molar-refractivity contribution in [3.63, 3.8) is 0 Å². The van der Waals surface area contributed by atoms with Crippen molar-refractivity contribution in [2.24, 2.45) is 0 Å². The summed E-state index contributed by atoms with van der Waals surface area (Å²) in [7, 11) is 2.09. The van der Waals surface area contributed by atoms with Crippen molar-refractivity contribution in [3.05, 3.63) is 71.7 Å². The van der Waals surface area contributed by atoms with Gasteiger partial charge in [0.15, 0.2) is 0 Å². The first-order valence-electron chi connectivity index (χ1n) is 10.6. The van der Waals surface area contributed by atoms with Crippen LogP contribution in [-0.2, 0) is 6.42 Å². The maximum absolute atomic E-state index is 4.51. The monoisotopic (exact) mass is 392 g/mol. The van der Waals surface area contributed by atoms with Crippen LogP contribution in [0.25, 0.3) is 5.70 Å². The molecule has 0 amide bonds. The first-order chi connectivity index (χ1) is 13.9. The van der Waals surface area contributed by atoms with E-state index in [1.807, 2.05) is 12.3 Å². The number of hydrogen-bond donors (Lipinski definition) is 2. The van der Waals surface area contributed by atoms with E-state index in [0.29, 0.717) is 5.82 Å². The molecule has 0 aliphatic carbocycles. The largest absolute Gasteiger partial charge is 0.360 e. The highest BCUT2D eigenvalue weighted by atomic mass is 15.2. The molecule has 0 aliphatic rings. The van der Waals surface area contributed by atoms with Crippen LogP contribution in [0.3, 0.4) is 0 Å². The number of aromatic nitrogens is 1. The summed E-state index contributed by atoms with van der Waals surface area (Å²) in [6, 6.07) is 8.39. The summed E-state index contributed by atoms with van der Waals surface area (Å²) >= 11 is 0. The Kier molecular flexibility index (Phi) is 8.32. The van der Waals surface area contributed by atoms with E-state index in [1.165, 1.54) is 36.0 Å². The van der Waals surface area contributed by atoms with Crippen molar-refractivity contribution in [1.29, 1.82) is 0 Å². The van der Waals surface area contributed by atoms with Crippen LogP contribution in [0.4, 0.5) is 11.5 Å². The fourth-order valence-electron chi connectivity index (χ4n) is 3.31. The van der Waals surface area contributed by atoms with Gasteiger partial charge in [-0.25, -0.2) is 4.98 Å². The molecule has 0 aliphatic heterocycles. The molecule has 0 saturated heterocycles. The van der Waals surface area contributed by atoms with Gasteiger partial charge in [0, 0.05) is 36.7 Å². The van der Waals surface area contributed by atoms with Crippen LogP contribution in [0.15, 0.2) is 49.4 Å². The molecule has 156 valence electrons. The molecule has 0 fully saturated rings. The van der Waals surface area contributed by atoms with Crippen molar-refractivity contribution in [1.82, 2.24) is 10.3 Å². The number of nitrogens with one attached hydrogen (secondary N) is 2. The molecule has 1 aromatic heterocycles. The second-order valence-electron chi connectivity index (χ2n) is 7.63. The van der Waals surface area contributed by atoms with Gasteiger partial charge in [0.05, 0.1) is 0 Å².